The van der Waals surface area contributed by atoms with Gasteiger partial charge in [-0.25, -0.2) is 4.79 Å². The number of methoxy groups -OCH3 is 1. The van der Waals surface area contributed by atoms with Gasteiger partial charge in [0.2, 0.25) is 0 Å². The Morgan fingerprint density at radius 3 is 2.43 bits per heavy atom. The van der Waals surface area contributed by atoms with Crippen molar-refractivity contribution in [2.24, 2.45) is 5.73 Å². The van der Waals surface area contributed by atoms with Gasteiger partial charge in [-0.15, -0.1) is 11.8 Å². The number of nitrogens with two attached hydrogens (primary N) is 1. The van der Waals surface area contributed by atoms with E-state index in [4.69, 9.17) is 10.5 Å². The van der Waals surface area contributed by atoms with Crippen molar-refractivity contribution in [1.82, 2.24) is 0 Å². The van der Waals surface area contributed by atoms with Crippen molar-refractivity contribution in [3.63, 3.8) is 0 Å². The molecule has 21 heavy (non-hydrogen) atoms. The molecule has 2 N–H and O–H groups in total. The Hall–Kier alpha value is -1.30. The number of rotatable bonds is 5. The SMILES string of the molecule is COC(=O)C(N)(CSc1ccccc1Br)c1ccccc1. The molecule has 0 aliphatic rings. The molecule has 0 aliphatic heterocycles. The molecular weight excluding hydrogens is 350 g/mol. The third-order valence-electron chi connectivity index (χ3n) is 3.13. The van der Waals surface area contributed by atoms with Crippen LogP contribution in [0.1, 0.15) is 5.56 Å². The minimum absolute atomic E-state index is 0.395. The summed E-state index contributed by atoms with van der Waals surface area (Å²) < 4.78 is 5.88. The number of benzene rings is 2. The first-order valence-electron chi connectivity index (χ1n) is 6.38. The molecule has 0 saturated carbocycles. The van der Waals surface area contributed by atoms with Gasteiger partial charge in [-0.2, -0.15) is 0 Å². The molecule has 5 heteroatoms. The lowest BCUT2D eigenvalue weighted by molar-refractivity contribution is -0.146. The lowest BCUT2D eigenvalue weighted by Crippen LogP contribution is -2.48. The van der Waals surface area contributed by atoms with Crippen LogP contribution in [0.5, 0.6) is 0 Å². The predicted molar refractivity (Wildman–Crippen MR) is 89.2 cm³/mol. The summed E-state index contributed by atoms with van der Waals surface area (Å²) in [6.45, 7) is 0. The number of esters is 1. The second-order valence-corrected chi connectivity index (χ2v) is 6.42. The second kappa shape index (κ2) is 7.11. The topological polar surface area (TPSA) is 52.3 Å². The summed E-state index contributed by atoms with van der Waals surface area (Å²) in [6, 6.07) is 17.1. The van der Waals surface area contributed by atoms with E-state index in [2.05, 4.69) is 15.9 Å². The summed E-state index contributed by atoms with van der Waals surface area (Å²) in [5, 5.41) is 0. The summed E-state index contributed by atoms with van der Waals surface area (Å²) in [6.07, 6.45) is 0. The fourth-order valence-electron chi connectivity index (χ4n) is 1.93. The van der Waals surface area contributed by atoms with E-state index in [1.165, 1.54) is 18.9 Å². The summed E-state index contributed by atoms with van der Waals surface area (Å²) in [4.78, 5) is 13.2. The molecule has 110 valence electrons. The summed E-state index contributed by atoms with van der Waals surface area (Å²) >= 11 is 5.02. The first-order chi connectivity index (χ1) is 10.1. The standard InChI is InChI=1S/C16H16BrNO2S/c1-20-15(19)16(18,12-7-3-2-4-8-12)11-21-14-10-6-5-9-13(14)17/h2-10H,11,18H2,1H3. The van der Waals surface area contributed by atoms with Crippen molar-refractivity contribution in [3.05, 3.63) is 64.6 Å². The monoisotopic (exact) mass is 365 g/mol. The van der Waals surface area contributed by atoms with Crippen molar-refractivity contribution >= 4 is 33.7 Å². The molecule has 0 heterocycles. The molecule has 1 atom stereocenters. The van der Waals surface area contributed by atoms with E-state index in [-0.39, 0.29) is 0 Å². The van der Waals surface area contributed by atoms with Gasteiger partial charge in [0, 0.05) is 15.1 Å². The molecule has 2 rings (SSSR count). The van der Waals surface area contributed by atoms with Crippen LogP contribution in [0.25, 0.3) is 0 Å². The van der Waals surface area contributed by atoms with Crippen molar-refractivity contribution in [2.75, 3.05) is 12.9 Å². The van der Waals surface area contributed by atoms with E-state index in [9.17, 15) is 4.79 Å². The highest BCUT2D eigenvalue weighted by atomic mass is 79.9. The van der Waals surface area contributed by atoms with Crippen molar-refractivity contribution in [1.29, 1.82) is 0 Å². The Morgan fingerprint density at radius 1 is 1.19 bits per heavy atom. The Balaban J connectivity index is 2.26. The molecule has 0 aromatic heterocycles. The van der Waals surface area contributed by atoms with E-state index in [0.717, 1.165) is 14.9 Å². The Kier molecular flexibility index (Phi) is 5.45. The Bertz CT molecular complexity index is 621. The molecule has 0 saturated heterocycles. The van der Waals surface area contributed by atoms with Crippen LogP contribution >= 0.6 is 27.7 Å². The quantitative estimate of drug-likeness (QED) is 0.649. The van der Waals surface area contributed by atoms with Crippen LogP contribution in [0.4, 0.5) is 0 Å². The number of halogens is 1. The molecule has 0 aliphatic carbocycles. The van der Waals surface area contributed by atoms with Crippen LogP contribution in [0, 0.1) is 0 Å². The highest BCUT2D eigenvalue weighted by Gasteiger charge is 2.37. The number of hydrogen-bond acceptors (Lipinski definition) is 4. The number of carbonyl (C=O) groups is 1. The summed E-state index contributed by atoms with van der Waals surface area (Å²) in [5.41, 5.74) is 5.94. The molecule has 0 fully saturated rings. The minimum Gasteiger partial charge on any atom is -0.467 e. The Morgan fingerprint density at radius 2 is 1.81 bits per heavy atom. The zero-order chi connectivity index (χ0) is 15.3. The van der Waals surface area contributed by atoms with E-state index < -0.39 is 11.5 Å². The molecule has 0 bridgehead atoms. The van der Waals surface area contributed by atoms with Gasteiger partial charge < -0.3 is 10.5 Å². The van der Waals surface area contributed by atoms with Crippen LogP contribution in [-0.2, 0) is 15.1 Å². The number of ether oxygens (including phenoxy) is 1. The van der Waals surface area contributed by atoms with Crippen molar-refractivity contribution in [3.8, 4) is 0 Å². The number of hydrogen-bond donors (Lipinski definition) is 1. The predicted octanol–water partition coefficient (Wildman–Crippen LogP) is 3.57. The molecular formula is C16H16BrNO2S. The van der Waals surface area contributed by atoms with Gasteiger partial charge in [0.25, 0.3) is 0 Å². The van der Waals surface area contributed by atoms with E-state index in [0.29, 0.717) is 5.75 Å². The highest BCUT2D eigenvalue weighted by molar-refractivity contribution is 9.10. The zero-order valence-electron chi connectivity index (χ0n) is 11.6. The lowest BCUT2D eigenvalue weighted by Gasteiger charge is -2.26. The average molecular weight is 366 g/mol. The van der Waals surface area contributed by atoms with E-state index in [1.807, 2.05) is 54.6 Å². The maximum Gasteiger partial charge on any atom is 0.331 e. The van der Waals surface area contributed by atoms with Crippen molar-refractivity contribution < 1.29 is 9.53 Å². The van der Waals surface area contributed by atoms with Gasteiger partial charge in [0.1, 0.15) is 5.54 Å². The van der Waals surface area contributed by atoms with E-state index in [1.54, 1.807) is 0 Å². The Labute approximate surface area is 137 Å². The smallest absolute Gasteiger partial charge is 0.331 e. The van der Waals surface area contributed by atoms with Gasteiger partial charge in [0.15, 0.2) is 0 Å². The first kappa shape index (κ1) is 16.1. The van der Waals surface area contributed by atoms with Gasteiger partial charge in [-0.1, -0.05) is 42.5 Å². The fraction of sp³-hybridized carbons (Fsp3) is 0.188. The normalized spacial score (nSPS) is 13.5. The first-order valence-corrected chi connectivity index (χ1v) is 8.16. The third-order valence-corrected chi connectivity index (χ3v) is 5.35. The summed E-state index contributed by atoms with van der Waals surface area (Å²) in [7, 11) is 1.36. The lowest BCUT2D eigenvalue weighted by atomic mass is 9.93. The van der Waals surface area contributed by atoms with Gasteiger partial charge in [0.05, 0.1) is 7.11 Å². The third kappa shape index (κ3) is 3.67. The highest BCUT2D eigenvalue weighted by Crippen LogP contribution is 2.32. The summed E-state index contributed by atoms with van der Waals surface area (Å²) in [5.74, 6) is -0.0417. The minimum atomic E-state index is -1.17. The maximum atomic E-state index is 12.2. The fourth-order valence-corrected chi connectivity index (χ4v) is 3.61. The molecule has 0 spiro atoms. The van der Waals surface area contributed by atoms with Gasteiger partial charge >= 0.3 is 5.97 Å². The second-order valence-electron chi connectivity index (χ2n) is 4.55. The molecule has 0 amide bonds. The number of thioether (sulfide) groups is 1. The van der Waals surface area contributed by atoms with Crippen molar-refractivity contribution in [2.45, 2.75) is 10.4 Å². The molecule has 2 aromatic rings. The van der Waals surface area contributed by atoms with E-state index >= 15 is 0 Å². The molecule has 0 radical (unpaired) electrons. The molecule has 3 nitrogen and oxygen atoms in total. The largest absolute Gasteiger partial charge is 0.467 e. The average Bonchev–Trinajstić information content (AvgIpc) is 2.54. The molecule has 2 aromatic carbocycles. The van der Waals surface area contributed by atoms with Gasteiger partial charge in [-0.3, -0.25) is 0 Å². The van der Waals surface area contributed by atoms with Crippen LogP contribution in [-0.4, -0.2) is 18.8 Å². The van der Waals surface area contributed by atoms with Crippen LogP contribution < -0.4 is 5.73 Å². The van der Waals surface area contributed by atoms with Gasteiger partial charge in [-0.05, 0) is 33.6 Å². The van der Waals surface area contributed by atoms with Crippen LogP contribution in [0.3, 0.4) is 0 Å². The van der Waals surface area contributed by atoms with Crippen LogP contribution in [0.15, 0.2) is 64.0 Å². The maximum absolute atomic E-state index is 12.2. The molecule has 1 unspecified atom stereocenters. The van der Waals surface area contributed by atoms with Crippen LogP contribution in [0.2, 0.25) is 0 Å². The number of carbonyl (C=O) groups excluding carboxylic acids is 1. The zero-order valence-corrected chi connectivity index (χ0v) is 14.0.